The van der Waals surface area contributed by atoms with Crippen LogP contribution in [-0.4, -0.2) is 60.9 Å². The van der Waals surface area contributed by atoms with Crippen LogP contribution in [0.1, 0.15) is 27.7 Å². The molecule has 1 rings (SSSR count). The van der Waals surface area contributed by atoms with Crippen molar-refractivity contribution in [1.29, 1.82) is 0 Å². The molecule has 18 heavy (non-hydrogen) atoms. The van der Waals surface area contributed by atoms with Gasteiger partial charge >= 0.3 is 0 Å². The van der Waals surface area contributed by atoms with Crippen molar-refractivity contribution < 1.29 is 14.6 Å². The summed E-state index contributed by atoms with van der Waals surface area (Å²) in [6.45, 7) is 11.1. The number of ether oxygens (including phenoxy) is 1. The Morgan fingerprint density at radius 1 is 1.44 bits per heavy atom. The van der Waals surface area contributed by atoms with Gasteiger partial charge in [-0.1, -0.05) is 6.92 Å². The molecule has 0 saturated carbocycles. The van der Waals surface area contributed by atoms with E-state index in [0.717, 1.165) is 6.54 Å². The number of nitrogens with one attached hydrogen (secondary N) is 1. The smallest absolute Gasteiger partial charge is 0.234 e. The van der Waals surface area contributed by atoms with Crippen molar-refractivity contribution in [2.45, 2.75) is 33.2 Å². The van der Waals surface area contributed by atoms with Gasteiger partial charge in [0.1, 0.15) is 0 Å². The molecule has 1 heterocycles. The average molecular weight is 258 g/mol. The standard InChI is InChI=1S/C13H26N2O3/c1-5-15(6-11(17)14-12(2,3)4)7-13(8-16)9-18-10-13/h16H,5-10H2,1-4H3,(H,14,17). The first-order chi connectivity index (χ1) is 8.30. The zero-order valence-corrected chi connectivity index (χ0v) is 12.0. The molecule has 0 bridgehead atoms. The Morgan fingerprint density at radius 3 is 2.39 bits per heavy atom. The Kier molecular flexibility index (Phi) is 5.13. The Hall–Kier alpha value is -0.650. The first kappa shape index (κ1) is 15.4. The van der Waals surface area contributed by atoms with Gasteiger partial charge in [-0.05, 0) is 27.3 Å². The summed E-state index contributed by atoms with van der Waals surface area (Å²) >= 11 is 0. The predicted molar refractivity (Wildman–Crippen MR) is 70.3 cm³/mol. The topological polar surface area (TPSA) is 61.8 Å². The number of nitrogens with zero attached hydrogens (tertiary/aromatic N) is 1. The van der Waals surface area contributed by atoms with Crippen molar-refractivity contribution in [2.24, 2.45) is 5.41 Å². The number of aliphatic hydroxyl groups is 1. The van der Waals surface area contributed by atoms with E-state index < -0.39 is 0 Å². The fourth-order valence-electron chi connectivity index (χ4n) is 2.04. The second-order valence-corrected chi connectivity index (χ2v) is 6.25. The van der Waals surface area contributed by atoms with Gasteiger partial charge in [0.2, 0.25) is 5.91 Å². The van der Waals surface area contributed by atoms with Gasteiger partial charge in [0.05, 0.1) is 31.8 Å². The highest BCUT2D eigenvalue weighted by Gasteiger charge is 2.39. The summed E-state index contributed by atoms with van der Waals surface area (Å²) in [5.41, 5.74) is -0.372. The van der Waals surface area contributed by atoms with Gasteiger partial charge in [0.25, 0.3) is 0 Å². The molecule has 0 aromatic rings. The van der Waals surface area contributed by atoms with E-state index in [-0.39, 0.29) is 23.5 Å². The van der Waals surface area contributed by atoms with Crippen molar-refractivity contribution in [3.63, 3.8) is 0 Å². The van der Waals surface area contributed by atoms with Crippen molar-refractivity contribution in [3.8, 4) is 0 Å². The molecule has 0 unspecified atom stereocenters. The van der Waals surface area contributed by atoms with Crippen LogP contribution in [0.3, 0.4) is 0 Å². The number of rotatable bonds is 6. The molecule has 2 N–H and O–H groups in total. The predicted octanol–water partition coefficient (Wildman–Crippen LogP) is 0.232. The monoisotopic (exact) mass is 258 g/mol. The van der Waals surface area contributed by atoms with Crippen LogP contribution in [0.15, 0.2) is 0 Å². The number of carbonyl (C=O) groups excluding carboxylic acids is 1. The molecule has 106 valence electrons. The van der Waals surface area contributed by atoms with Gasteiger partial charge < -0.3 is 15.2 Å². The van der Waals surface area contributed by atoms with Crippen molar-refractivity contribution >= 4 is 5.91 Å². The van der Waals surface area contributed by atoms with E-state index in [1.807, 2.05) is 27.7 Å². The highest BCUT2D eigenvalue weighted by molar-refractivity contribution is 5.78. The van der Waals surface area contributed by atoms with Gasteiger partial charge in [-0.3, -0.25) is 9.69 Å². The maximum Gasteiger partial charge on any atom is 0.234 e. The summed E-state index contributed by atoms with van der Waals surface area (Å²) in [6.07, 6.45) is 0. The zero-order chi connectivity index (χ0) is 13.8. The van der Waals surface area contributed by atoms with Crippen LogP contribution in [0.2, 0.25) is 0 Å². The Labute approximate surface area is 109 Å². The van der Waals surface area contributed by atoms with Crippen LogP contribution in [0.4, 0.5) is 0 Å². The molecular weight excluding hydrogens is 232 g/mol. The van der Waals surface area contributed by atoms with Gasteiger partial charge in [-0.2, -0.15) is 0 Å². The quantitative estimate of drug-likeness (QED) is 0.716. The van der Waals surface area contributed by atoms with Crippen LogP contribution in [0, 0.1) is 5.41 Å². The first-order valence-corrected chi connectivity index (χ1v) is 6.52. The summed E-state index contributed by atoms with van der Waals surface area (Å²) in [5.74, 6) is 0.0256. The van der Waals surface area contributed by atoms with Crippen LogP contribution in [-0.2, 0) is 9.53 Å². The molecule has 5 heteroatoms. The SMILES string of the molecule is CCN(CC(=O)NC(C)(C)C)CC1(CO)COC1. The van der Waals surface area contributed by atoms with Crippen LogP contribution >= 0.6 is 0 Å². The van der Waals surface area contributed by atoms with Crippen LogP contribution in [0.25, 0.3) is 0 Å². The molecule has 1 aliphatic heterocycles. The third-order valence-electron chi connectivity index (χ3n) is 3.04. The number of carbonyl (C=O) groups is 1. The third-order valence-corrected chi connectivity index (χ3v) is 3.04. The molecule has 0 radical (unpaired) electrons. The minimum atomic E-state index is -0.204. The highest BCUT2D eigenvalue weighted by Crippen LogP contribution is 2.27. The molecule has 1 saturated heterocycles. The van der Waals surface area contributed by atoms with Gasteiger partial charge in [-0.15, -0.1) is 0 Å². The van der Waals surface area contributed by atoms with E-state index in [9.17, 15) is 9.90 Å². The van der Waals surface area contributed by atoms with Gasteiger partial charge in [0, 0.05) is 12.1 Å². The van der Waals surface area contributed by atoms with E-state index in [1.54, 1.807) is 0 Å². The third kappa shape index (κ3) is 4.55. The second kappa shape index (κ2) is 5.99. The lowest BCUT2D eigenvalue weighted by Gasteiger charge is -2.43. The number of likely N-dealkylation sites (N-methyl/N-ethyl adjacent to an activating group) is 1. The Balaban J connectivity index is 2.44. The molecule has 0 aromatic carbocycles. The Morgan fingerprint density at radius 2 is 2.06 bits per heavy atom. The van der Waals surface area contributed by atoms with Crippen LogP contribution in [0.5, 0.6) is 0 Å². The molecule has 1 aliphatic rings. The molecule has 5 nitrogen and oxygen atoms in total. The average Bonchev–Trinajstić information content (AvgIpc) is 2.19. The van der Waals surface area contributed by atoms with Gasteiger partial charge in [-0.25, -0.2) is 0 Å². The minimum absolute atomic E-state index is 0.0256. The maximum atomic E-state index is 11.9. The largest absolute Gasteiger partial charge is 0.396 e. The molecule has 1 amide bonds. The summed E-state index contributed by atoms with van der Waals surface area (Å²) in [4.78, 5) is 13.9. The zero-order valence-electron chi connectivity index (χ0n) is 12.0. The number of aliphatic hydroxyl groups excluding tert-OH is 1. The lowest BCUT2D eigenvalue weighted by molar-refractivity contribution is -0.150. The van der Waals surface area contributed by atoms with Crippen LogP contribution < -0.4 is 5.32 Å². The van der Waals surface area contributed by atoms with E-state index in [4.69, 9.17) is 4.74 Å². The first-order valence-electron chi connectivity index (χ1n) is 6.52. The second-order valence-electron chi connectivity index (χ2n) is 6.25. The molecule has 0 spiro atoms. The summed E-state index contributed by atoms with van der Waals surface area (Å²) in [5, 5.41) is 12.3. The normalized spacial score (nSPS) is 18.6. The molecular formula is C13H26N2O3. The fraction of sp³-hybridized carbons (Fsp3) is 0.923. The lowest BCUT2D eigenvalue weighted by Crippen LogP contribution is -2.55. The minimum Gasteiger partial charge on any atom is -0.396 e. The summed E-state index contributed by atoms with van der Waals surface area (Å²) in [6, 6.07) is 0. The van der Waals surface area contributed by atoms with E-state index in [1.165, 1.54) is 0 Å². The fourth-order valence-corrected chi connectivity index (χ4v) is 2.04. The van der Waals surface area contributed by atoms with E-state index in [2.05, 4.69) is 10.2 Å². The maximum absolute atomic E-state index is 11.9. The molecule has 0 aromatic heterocycles. The van der Waals surface area contributed by atoms with Crippen molar-refractivity contribution in [2.75, 3.05) is 39.5 Å². The highest BCUT2D eigenvalue weighted by atomic mass is 16.5. The van der Waals surface area contributed by atoms with E-state index in [0.29, 0.717) is 26.3 Å². The summed E-state index contributed by atoms with van der Waals surface area (Å²) < 4.78 is 5.17. The number of hydrogen-bond donors (Lipinski definition) is 2. The van der Waals surface area contributed by atoms with Gasteiger partial charge in [0.15, 0.2) is 0 Å². The van der Waals surface area contributed by atoms with E-state index >= 15 is 0 Å². The summed E-state index contributed by atoms with van der Waals surface area (Å²) in [7, 11) is 0. The number of amides is 1. The van der Waals surface area contributed by atoms with Crippen molar-refractivity contribution in [1.82, 2.24) is 10.2 Å². The Bertz CT molecular complexity index is 277. The molecule has 1 fully saturated rings. The number of hydrogen-bond acceptors (Lipinski definition) is 4. The van der Waals surface area contributed by atoms with Crippen molar-refractivity contribution in [3.05, 3.63) is 0 Å². The molecule has 0 aliphatic carbocycles. The molecule has 0 atom stereocenters. The lowest BCUT2D eigenvalue weighted by atomic mass is 9.86.